The van der Waals surface area contributed by atoms with Gasteiger partial charge in [-0.3, -0.25) is 4.90 Å². The fourth-order valence-corrected chi connectivity index (χ4v) is 2.59. The lowest BCUT2D eigenvalue weighted by molar-refractivity contribution is 0.0226. The lowest BCUT2D eigenvalue weighted by Gasteiger charge is -2.32. The van der Waals surface area contributed by atoms with Crippen molar-refractivity contribution in [3.8, 4) is 5.75 Å². The van der Waals surface area contributed by atoms with Gasteiger partial charge in [-0.15, -0.1) is 0 Å². The van der Waals surface area contributed by atoms with Gasteiger partial charge in [0.15, 0.2) is 6.23 Å². The van der Waals surface area contributed by atoms with E-state index < -0.39 is 0 Å². The molecule has 0 saturated heterocycles. The van der Waals surface area contributed by atoms with Crippen molar-refractivity contribution < 1.29 is 4.74 Å². The van der Waals surface area contributed by atoms with E-state index in [-0.39, 0.29) is 6.23 Å². The molecule has 0 unspecified atom stereocenters. The summed E-state index contributed by atoms with van der Waals surface area (Å²) in [6.45, 7) is 0.924. The minimum atomic E-state index is 0.176. The molecule has 0 N–H and O–H groups in total. The summed E-state index contributed by atoms with van der Waals surface area (Å²) >= 11 is 0. The van der Waals surface area contributed by atoms with E-state index in [4.69, 9.17) is 4.74 Å². The first-order valence-corrected chi connectivity index (χ1v) is 6.81. The van der Waals surface area contributed by atoms with Gasteiger partial charge in [-0.25, -0.2) is 0 Å². The number of ether oxygens (including phenoxy) is 1. The monoisotopic (exact) mass is 253 g/mol. The van der Waals surface area contributed by atoms with Crippen LogP contribution in [0.1, 0.15) is 17.5 Å². The molecular formula is C17H19NO. The molecule has 0 amide bonds. The zero-order valence-electron chi connectivity index (χ0n) is 11.3. The van der Waals surface area contributed by atoms with Gasteiger partial charge >= 0.3 is 0 Å². The lowest BCUT2D eigenvalue weighted by Crippen LogP contribution is -2.38. The van der Waals surface area contributed by atoms with Gasteiger partial charge in [-0.05, 0) is 30.7 Å². The third kappa shape index (κ3) is 2.79. The zero-order chi connectivity index (χ0) is 13.1. The second kappa shape index (κ2) is 5.45. The van der Waals surface area contributed by atoms with Crippen LogP contribution in [0.3, 0.4) is 0 Å². The Morgan fingerprint density at radius 1 is 1.05 bits per heavy atom. The zero-order valence-corrected chi connectivity index (χ0v) is 11.3. The number of hydrogen-bond donors (Lipinski definition) is 0. The van der Waals surface area contributed by atoms with Crippen molar-refractivity contribution in [1.82, 2.24) is 4.90 Å². The summed E-state index contributed by atoms with van der Waals surface area (Å²) in [5.74, 6) is 1.04. The Bertz CT molecular complexity index is 538. The van der Waals surface area contributed by atoms with Gasteiger partial charge in [0.2, 0.25) is 0 Å². The highest BCUT2D eigenvalue weighted by Gasteiger charge is 2.22. The SMILES string of the molecule is CN(Cc1ccccc1)[C@H]1CCc2ccccc2O1. The first kappa shape index (κ1) is 12.2. The number of rotatable bonds is 3. The van der Waals surface area contributed by atoms with Gasteiger partial charge in [-0.1, -0.05) is 48.5 Å². The van der Waals surface area contributed by atoms with E-state index in [0.29, 0.717) is 0 Å². The van der Waals surface area contributed by atoms with Crippen LogP contribution in [0, 0.1) is 0 Å². The molecule has 1 aliphatic heterocycles. The molecule has 19 heavy (non-hydrogen) atoms. The van der Waals surface area contributed by atoms with Gasteiger partial charge in [0.25, 0.3) is 0 Å². The van der Waals surface area contributed by atoms with Gasteiger partial charge in [-0.2, -0.15) is 0 Å². The summed E-state index contributed by atoms with van der Waals surface area (Å²) in [5.41, 5.74) is 2.65. The molecule has 0 aliphatic carbocycles. The Morgan fingerprint density at radius 3 is 2.63 bits per heavy atom. The van der Waals surface area contributed by atoms with Crippen LogP contribution < -0.4 is 4.74 Å². The highest BCUT2D eigenvalue weighted by molar-refractivity contribution is 5.35. The van der Waals surface area contributed by atoms with Crippen molar-refractivity contribution in [3.63, 3.8) is 0 Å². The normalized spacial score (nSPS) is 17.9. The van der Waals surface area contributed by atoms with Gasteiger partial charge < -0.3 is 4.74 Å². The summed E-state index contributed by atoms with van der Waals surface area (Å²) < 4.78 is 6.09. The second-order valence-corrected chi connectivity index (χ2v) is 5.12. The first-order valence-electron chi connectivity index (χ1n) is 6.81. The summed E-state index contributed by atoms with van der Waals surface area (Å²) in [7, 11) is 2.13. The second-order valence-electron chi connectivity index (χ2n) is 5.12. The molecular weight excluding hydrogens is 234 g/mol. The standard InChI is InChI=1S/C17H19NO/c1-18(13-14-7-3-2-4-8-14)17-12-11-15-9-5-6-10-16(15)19-17/h2-10,17H,11-13H2,1H3/t17-/m1/s1. The quantitative estimate of drug-likeness (QED) is 0.830. The van der Waals surface area contributed by atoms with Crippen LogP contribution in [0.2, 0.25) is 0 Å². The average molecular weight is 253 g/mol. The maximum absolute atomic E-state index is 6.09. The van der Waals surface area contributed by atoms with Crippen molar-refractivity contribution >= 4 is 0 Å². The highest BCUT2D eigenvalue weighted by Crippen LogP contribution is 2.28. The van der Waals surface area contributed by atoms with Crippen molar-refractivity contribution in [2.45, 2.75) is 25.6 Å². The molecule has 98 valence electrons. The number of nitrogens with zero attached hydrogens (tertiary/aromatic N) is 1. The van der Waals surface area contributed by atoms with Crippen LogP contribution in [0.4, 0.5) is 0 Å². The summed E-state index contributed by atoms with van der Waals surface area (Å²) in [4.78, 5) is 2.28. The Labute approximate surface area is 114 Å². The Balaban J connectivity index is 1.68. The molecule has 0 spiro atoms. The van der Waals surface area contributed by atoms with Crippen molar-refractivity contribution in [2.24, 2.45) is 0 Å². The molecule has 2 aromatic carbocycles. The molecule has 2 heteroatoms. The van der Waals surface area contributed by atoms with Crippen LogP contribution in [0.25, 0.3) is 0 Å². The van der Waals surface area contributed by atoms with Gasteiger partial charge in [0.05, 0.1) is 0 Å². The molecule has 0 fully saturated rings. The maximum Gasteiger partial charge on any atom is 0.153 e. The fraction of sp³-hybridized carbons (Fsp3) is 0.294. The number of benzene rings is 2. The molecule has 2 nitrogen and oxygen atoms in total. The largest absolute Gasteiger partial charge is 0.475 e. The van der Waals surface area contributed by atoms with E-state index in [0.717, 1.165) is 25.1 Å². The van der Waals surface area contributed by atoms with Crippen LogP contribution in [0.5, 0.6) is 5.75 Å². The molecule has 0 radical (unpaired) electrons. The topological polar surface area (TPSA) is 12.5 Å². The number of para-hydroxylation sites is 1. The number of hydrogen-bond acceptors (Lipinski definition) is 2. The predicted molar refractivity (Wildman–Crippen MR) is 77.1 cm³/mol. The third-order valence-corrected chi connectivity index (χ3v) is 3.66. The minimum Gasteiger partial charge on any atom is -0.475 e. The van der Waals surface area contributed by atoms with E-state index in [9.17, 15) is 0 Å². The molecule has 1 aliphatic rings. The van der Waals surface area contributed by atoms with Crippen molar-refractivity contribution in [2.75, 3.05) is 7.05 Å². The lowest BCUT2D eigenvalue weighted by atomic mass is 10.0. The number of fused-ring (bicyclic) bond motifs is 1. The van der Waals surface area contributed by atoms with Gasteiger partial charge in [0, 0.05) is 13.0 Å². The maximum atomic E-state index is 6.09. The van der Waals surface area contributed by atoms with E-state index in [1.54, 1.807) is 0 Å². The van der Waals surface area contributed by atoms with Crippen LogP contribution >= 0.6 is 0 Å². The van der Waals surface area contributed by atoms with E-state index in [1.807, 2.05) is 6.07 Å². The Hall–Kier alpha value is -1.80. The van der Waals surface area contributed by atoms with E-state index >= 15 is 0 Å². The van der Waals surface area contributed by atoms with E-state index in [1.165, 1.54) is 11.1 Å². The first-order chi connectivity index (χ1) is 9.33. The van der Waals surface area contributed by atoms with Crippen LogP contribution in [-0.2, 0) is 13.0 Å². The third-order valence-electron chi connectivity index (χ3n) is 3.66. The smallest absolute Gasteiger partial charge is 0.153 e. The van der Waals surface area contributed by atoms with E-state index in [2.05, 4.69) is 60.5 Å². The van der Waals surface area contributed by atoms with Crippen LogP contribution in [-0.4, -0.2) is 18.2 Å². The molecule has 2 aromatic rings. The molecule has 0 saturated carbocycles. The predicted octanol–water partition coefficient (Wildman–Crippen LogP) is 3.47. The highest BCUT2D eigenvalue weighted by atomic mass is 16.5. The van der Waals surface area contributed by atoms with Crippen LogP contribution in [0.15, 0.2) is 54.6 Å². The molecule has 1 heterocycles. The molecule has 1 atom stereocenters. The Morgan fingerprint density at radius 2 is 1.79 bits per heavy atom. The van der Waals surface area contributed by atoms with Gasteiger partial charge in [0.1, 0.15) is 5.75 Å². The van der Waals surface area contributed by atoms with Crippen molar-refractivity contribution in [1.29, 1.82) is 0 Å². The summed E-state index contributed by atoms with van der Waals surface area (Å²) in [5, 5.41) is 0. The van der Waals surface area contributed by atoms with Crippen molar-refractivity contribution in [3.05, 3.63) is 65.7 Å². The minimum absolute atomic E-state index is 0.176. The Kier molecular flexibility index (Phi) is 3.51. The summed E-state index contributed by atoms with van der Waals surface area (Å²) in [6, 6.07) is 18.9. The molecule has 3 rings (SSSR count). The average Bonchev–Trinajstić information content (AvgIpc) is 2.48. The summed E-state index contributed by atoms with van der Waals surface area (Å²) in [6.07, 6.45) is 2.33. The fourth-order valence-electron chi connectivity index (χ4n) is 2.59. The molecule has 0 bridgehead atoms. The number of aryl methyl sites for hydroxylation is 1. The molecule has 0 aromatic heterocycles.